The summed E-state index contributed by atoms with van der Waals surface area (Å²) in [4.78, 5) is 13.0. The Balaban J connectivity index is 1.12. The van der Waals surface area contributed by atoms with Crippen molar-refractivity contribution >= 4 is 20.3 Å². The van der Waals surface area contributed by atoms with Crippen LogP contribution in [0, 0.1) is 46.3 Å². The van der Waals surface area contributed by atoms with E-state index in [2.05, 4.69) is 78.4 Å². The van der Waals surface area contributed by atoms with E-state index in [1.807, 2.05) is 24.3 Å². The van der Waals surface area contributed by atoms with Crippen molar-refractivity contribution in [2.75, 3.05) is 12.4 Å². The first-order valence-electron chi connectivity index (χ1n) is 19.8. The lowest BCUT2D eigenvalue weighted by atomic mass is 9.47. The number of allylic oxidation sites excluding steroid dienone is 1. The van der Waals surface area contributed by atoms with Crippen LogP contribution >= 0.6 is 8.53 Å². The molecule has 6 nitrogen and oxygen atoms in total. The summed E-state index contributed by atoms with van der Waals surface area (Å²) in [5.74, 6) is 5.02. The molecule has 3 saturated carbocycles. The van der Waals surface area contributed by atoms with Crippen LogP contribution in [0.15, 0.2) is 35.9 Å². The number of carbonyl (C=O) groups excluding carboxylic acids is 1. The summed E-state index contributed by atoms with van der Waals surface area (Å²) < 4.78 is 20.2. The molecule has 0 spiro atoms. The van der Waals surface area contributed by atoms with Gasteiger partial charge in [-0.25, -0.2) is 9.46 Å². The van der Waals surface area contributed by atoms with E-state index < -0.39 is 8.53 Å². The maximum Gasteiger partial charge on any atom is 0.411 e. The summed E-state index contributed by atoms with van der Waals surface area (Å²) in [5.41, 5.74) is 4.11. The van der Waals surface area contributed by atoms with Crippen LogP contribution in [0.2, 0.25) is 0 Å². The maximum absolute atomic E-state index is 13.0. The molecule has 0 aromatic heterocycles. The average Bonchev–Trinajstić information content (AvgIpc) is 3.40. The third-order valence-corrected chi connectivity index (χ3v) is 15.4. The highest BCUT2D eigenvalue weighted by Crippen LogP contribution is 2.67. The molecule has 7 heteroatoms. The fourth-order valence-corrected chi connectivity index (χ4v) is 12.5. The van der Waals surface area contributed by atoms with Gasteiger partial charge in [0, 0.05) is 31.3 Å². The molecule has 5 unspecified atom stereocenters. The fraction of sp³-hybridized carbons (Fsp3) is 0.786. The molecular weight excluding hydrogens is 627 g/mol. The van der Waals surface area contributed by atoms with E-state index >= 15 is 0 Å². The molecule has 1 amide bonds. The van der Waals surface area contributed by atoms with Crippen molar-refractivity contribution in [2.24, 2.45) is 46.3 Å². The first-order valence-corrected chi connectivity index (χ1v) is 20.9. The van der Waals surface area contributed by atoms with E-state index in [1.165, 1.54) is 51.4 Å². The van der Waals surface area contributed by atoms with Crippen LogP contribution in [0.4, 0.5) is 10.5 Å². The Kier molecular flexibility index (Phi) is 13.0. The van der Waals surface area contributed by atoms with Crippen molar-refractivity contribution < 1.29 is 18.6 Å². The predicted octanol–water partition coefficient (Wildman–Crippen LogP) is 12.2. The zero-order valence-corrected chi connectivity index (χ0v) is 33.5. The minimum atomic E-state index is -1.14. The minimum absolute atomic E-state index is 0.0573. The number of nitrogens with zero attached hydrogens (tertiary/aromatic N) is 1. The zero-order chi connectivity index (χ0) is 35.5. The molecule has 276 valence electrons. The van der Waals surface area contributed by atoms with Gasteiger partial charge in [0.25, 0.3) is 8.53 Å². The molecule has 5 rings (SSSR count). The van der Waals surface area contributed by atoms with Crippen LogP contribution < -0.4 is 5.32 Å². The minimum Gasteiger partial charge on any atom is -0.446 e. The van der Waals surface area contributed by atoms with Gasteiger partial charge in [0.2, 0.25) is 0 Å². The van der Waals surface area contributed by atoms with Crippen molar-refractivity contribution in [2.45, 2.75) is 158 Å². The average molecular weight is 697 g/mol. The normalized spacial score (nSPS) is 32.4. The van der Waals surface area contributed by atoms with Gasteiger partial charge in [-0.05, 0) is 137 Å². The number of fused-ring (bicyclic) bond motifs is 5. The van der Waals surface area contributed by atoms with Gasteiger partial charge in [0.1, 0.15) is 6.10 Å². The number of hydrogen-bond donors (Lipinski definition) is 1. The number of anilines is 1. The lowest BCUT2D eigenvalue weighted by Gasteiger charge is -2.58. The topological polar surface area (TPSA) is 60.0 Å². The third kappa shape index (κ3) is 8.61. The predicted molar refractivity (Wildman–Crippen MR) is 204 cm³/mol. The molecule has 1 N–H and O–H groups in total. The van der Waals surface area contributed by atoms with Crippen LogP contribution in [0.25, 0.3) is 0 Å². The smallest absolute Gasteiger partial charge is 0.411 e. The SMILES string of the molecule is COP(OCc1ccc(NC(=O)OC2CC[C@@]3(C)C(=CCC4C3CC[C@@]3(C)C4CC[C@@H]3[C@H](C)CCCC(C)C)C2)cc1)N(C(C)C)C(C)C. The molecule has 0 aliphatic heterocycles. The largest absolute Gasteiger partial charge is 0.446 e. The molecule has 0 saturated heterocycles. The second kappa shape index (κ2) is 16.5. The Labute approximate surface area is 300 Å². The molecule has 1 aromatic carbocycles. The molecular formula is C42H69N2O4P. The molecule has 4 aliphatic rings. The summed E-state index contributed by atoms with van der Waals surface area (Å²) in [7, 11) is 0.566. The standard InChI is InChI=1S/C42H69N2O4P/c1-28(2)12-11-13-31(7)37-20-21-38-36-19-16-33-26-35(22-24-41(33,8)39(36)23-25-42(37,38)9)48-40(45)43-34-17-14-32(15-18-34)27-47-49(46-10)44(29(3)4)30(5)6/h14-18,28-31,35-39H,11-13,19-27H2,1-10H3,(H,43,45)/t31-,35?,36?,37-,38?,39?,41+,42-,49?/m1/s1. The lowest BCUT2D eigenvalue weighted by Crippen LogP contribution is -2.51. The molecule has 0 bridgehead atoms. The molecule has 3 fully saturated rings. The van der Waals surface area contributed by atoms with Gasteiger partial charge in [-0.1, -0.05) is 77.7 Å². The first kappa shape index (κ1) is 38.8. The van der Waals surface area contributed by atoms with Gasteiger partial charge in [-0.3, -0.25) is 5.32 Å². The highest BCUT2D eigenvalue weighted by Gasteiger charge is 2.59. The number of ether oxygens (including phenoxy) is 1. The Hall–Kier alpha value is -1.46. The maximum atomic E-state index is 13.0. The van der Waals surface area contributed by atoms with Crippen LogP contribution in [0.5, 0.6) is 0 Å². The number of rotatable bonds is 14. The Bertz CT molecular complexity index is 1260. The molecule has 4 aliphatic carbocycles. The molecule has 49 heavy (non-hydrogen) atoms. The van der Waals surface area contributed by atoms with Gasteiger partial charge < -0.3 is 13.8 Å². The summed E-state index contributed by atoms with van der Waals surface area (Å²) >= 11 is 0. The summed E-state index contributed by atoms with van der Waals surface area (Å²) in [5, 5.41) is 2.98. The van der Waals surface area contributed by atoms with Crippen LogP contribution in [0.3, 0.4) is 0 Å². The Morgan fingerprint density at radius 3 is 2.31 bits per heavy atom. The van der Waals surface area contributed by atoms with Crippen molar-refractivity contribution in [3.8, 4) is 0 Å². The fourth-order valence-electron chi connectivity index (χ4n) is 11.1. The Morgan fingerprint density at radius 2 is 1.65 bits per heavy atom. The van der Waals surface area contributed by atoms with E-state index in [0.29, 0.717) is 24.1 Å². The lowest BCUT2D eigenvalue weighted by molar-refractivity contribution is -0.0577. The number of hydrogen-bond acceptors (Lipinski definition) is 5. The highest BCUT2D eigenvalue weighted by molar-refractivity contribution is 7.44. The van der Waals surface area contributed by atoms with E-state index in [4.69, 9.17) is 13.8 Å². The van der Waals surface area contributed by atoms with E-state index in [9.17, 15) is 4.79 Å². The second-order valence-corrected chi connectivity index (χ2v) is 19.2. The molecule has 0 heterocycles. The molecule has 1 aromatic rings. The molecule has 9 atom stereocenters. The van der Waals surface area contributed by atoms with Crippen molar-refractivity contribution in [3.05, 3.63) is 41.5 Å². The summed E-state index contributed by atoms with van der Waals surface area (Å²) in [6.45, 7) is 21.6. The van der Waals surface area contributed by atoms with Crippen LogP contribution in [-0.4, -0.2) is 36.1 Å². The second-order valence-electron chi connectivity index (χ2n) is 17.6. The van der Waals surface area contributed by atoms with Crippen LogP contribution in [-0.2, 0) is 20.4 Å². The zero-order valence-electron chi connectivity index (χ0n) is 32.6. The van der Waals surface area contributed by atoms with Gasteiger partial charge >= 0.3 is 6.09 Å². The Morgan fingerprint density at radius 1 is 0.939 bits per heavy atom. The van der Waals surface area contributed by atoms with Crippen molar-refractivity contribution in [1.29, 1.82) is 0 Å². The number of amides is 1. The number of nitrogens with one attached hydrogen (secondary N) is 1. The summed E-state index contributed by atoms with van der Waals surface area (Å²) in [6, 6.07) is 8.51. The van der Waals surface area contributed by atoms with Gasteiger partial charge in [-0.2, -0.15) is 0 Å². The van der Waals surface area contributed by atoms with Crippen LogP contribution in [0.1, 0.15) is 139 Å². The first-order chi connectivity index (χ1) is 23.3. The van der Waals surface area contributed by atoms with Gasteiger partial charge in [0.15, 0.2) is 0 Å². The third-order valence-electron chi connectivity index (χ3n) is 13.5. The monoisotopic (exact) mass is 696 g/mol. The van der Waals surface area contributed by atoms with E-state index in [-0.39, 0.29) is 17.6 Å². The summed E-state index contributed by atoms with van der Waals surface area (Å²) in [6.07, 6.45) is 16.2. The van der Waals surface area contributed by atoms with Gasteiger partial charge in [-0.15, -0.1) is 0 Å². The van der Waals surface area contributed by atoms with Crippen molar-refractivity contribution in [3.63, 3.8) is 0 Å². The number of benzene rings is 1. The highest BCUT2D eigenvalue weighted by atomic mass is 31.2. The quantitative estimate of drug-likeness (QED) is 0.155. The molecule has 0 radical (unpaired) electrons. The van der Waals surface area contributed by atoms with E-state index in [0.717, 1.165) is 66.0 Å². The van der Waals surface area contributed by atoms with Gasteiger partial charge in [0.05, 0.1) is 6.61 Å². The number of carbonyl (C=O) groups is 1. The van der Waals surface area contributed by atoms with Crippen molar-refractivity contribution in [1.82, 2.24) is 4.67 Å². The van der Waals surface area contributed by atoms with E-state index in [1.54, 1.807) is 12.7 Å².